The minimum Gasteiger partial charge on any atom is -0.493 e. The van der Waals surface area contributed by atoms with Crippen LogP contribution in [0.15, 0.2) is 30.3 Å². The molecule has 5 nitrogen and oxygen atoms in total. The highest BCUT2D eigenvalue weighted by Crippen LogP contribution is 2.11. The Morgan fingerprint density at radius 3 is 2.77 bits per heavy atom. The molecule has 1 N–H and O–H groups in total. The van der Waals surface area contributed by atoms with E-state index >= 15 is 0 Å². The lowest BCUT2D eigenvalue weighted by Crippen LogP contribution is -2.09. The van der Waals surface area contributed by atoms with Gasteiger partial charge in [0.05, 0.1) is 13.2 Å². The Morgan fingerprint density at radius 1 is 1.27 bits per heavy atom. The van der Waals surface area contributed by atoms with Crippen LogP contribution in [0, 0.1) is 5.82 Å². The lowest BCUT2D eigenvalue weighted by molar-refractivity contribution is 0.0479. The number of carbonyl (C=O) groups is 1. The monoisotopic (exact) mass is 306 g/mol. The minimum atomic E-state index is -0.444. The Kier molecular flexibility index (Phi) is 5.94. The van der Waals surface area contributed by atoms with Crippen molar-refractivity contribution >= 4 is 5.97 Å². The van der Waals surface area contributed by atoms with Crippen LogP contribution in [0.5, 0.6) is 5.75 Å². The van der Waals surface area contributed by atoms with Crippen molar-refractivity contribution in [2.24, 2.45) is 0 Å². The Hall–Kier alpha value is -2.37. The van der Waals surface area contributed by atoms with Gasteiger partial charge in [-0.2, -0.15) is 5.10 Å². The third-order valence-electron chi connectivity index (χ3n) is 2.96. The summed E-state index contributed by atoms with van der Waals surface area (Å²) in [5, 5.41) is 6.73. The number of aromatic nitrogens is 2. The van der Waals surface area contributed by atoms with Gasteiger partial charge in [0.25, 0.3) is 0 Å². The van der Waals surface area contributed by atoms with Gasteiger partial charge >= 0.3 is 5.97 Å². The first-order valence-corrected chi connectivity index (χ1v) is 7.29. The van der Waals surface area contributed by atoms with Crippen LogP contribution < -0.4 is 4.74 Å². The van der Waals surface area contributed by atoms with Crippen molar-refractivity contribution in [1.29, 1.82) is 0 Å². The zero-order valence-electron chi connectivity index (χ0n) is 12.5. The van der Waals surface area contributed by atoms with Crippen LogP contribution in [0.4, 0.5) is 4.39 Å². The third-order valence-corrected chi connectivity index (χ3v) is 2.96. The maximum atomic E-state index is 12.7. The van der Waals surface area contributed by atoms with Crippen molar-refractivity contribution in [3.8, 4) is 5.75 Å². The second-order valence-corrected chi connectivity index (χ2v) is 4.82. The standard InChI is InChI=1S/C16H19FN2O3/c1-2-4-13-11-15(19-18-13)16(20)22-10-3-9-21-14-7-5-12(17)6-8-14/h5-8,11H,2-4,9-10H2,1H3,(H,18,19). The van der Waals surface area contributed by atoms with E-state index < -0.39 is 5.97 Å². The van der Waals surface area contributed by atoms with E-state index in [0.29, 0.717) is 24.5 Å². The second kappa shape index (κ2) is 8.17. The van der Waals surface area contributed by atoms with Gasteiger partial charge in [0, 0.05) is 12.1 Å². The molecule has 0 spiro atoms. The van der Waals surface area contributed by atoms with E-state index in [2.05, 4.69) is 17.1 Å². The lowest BCUT2D eigenvalue weighted by Gasteiger charge is -2.06. The van der Waals surface area contributed by atoms with Gasteiger partial charge in [-0.25, -0.2) is 9.18 Å². The van der Waals surface area contributed by atoms with Crippen LogP contribution in [0.2, 0.25) is 0 Å². The van der Waals surface area contributed by atoms with Gasteiger partial charge in [-0.3, -0.25) is 5.10 Å². The summed E-state index contributed by atoms with van der Waals surface area (Å²) in [6, 6.07) is 7.49. The summed E-state index contributed by atoms with van der Waals surface area (Å²) in [5.41, 5.74) is 1.22. The first kappa shape index (κ1) is 16.0. The van der Waals surface area contributed by atoms with Crippen molar-refractivity contribution in [2.75, 3.05) is 13.2 Å². The smallest absolute Gasteiger partial charge is 0.358 e. The summed E-state index contributed by atoms with van der Waals surface area (Å²) in [6.07, 6.45) is 2.39. The average molecular weight is 306 g/mol. The second-order valence-electron chi connectivity index (χ2n) is 4.82. The van der Waals surface area contributed by atoms with Crippen LogP contribution in [-0.4, -0.2) is 29.4 Å². The molecule has 0 radical (unpaired) electrons. The number of benzene rings is 1. The number of nitrogens with zero attached hydrogens (tertiary/aromatic N) is 1. The molecule has 0 atom stereocenters. The van der Waals surface area contributed by atoms with E-state index in [0.717, 1.165) is 18.5 Å². The number of ether oxygens (including phenoxy) is 2. The van der Waals surface area contributed by atoms with E-state index in [1.807, 2.05) is 0 Å². The van der Waals surface area contributed by atoms with Gasteiger partial charge in [0.2, 0.25) is 0 Å². The molecule has 118 valence electrons. The van der Waals surface area contributed by atoms with Crippen molar-refractivity contribution < 1.29 is 18.7 Å². The Balaban J connectivity index is 1.65. The van der Waals surface area contributed by atoms with Crippen molar-refractivity contribution in [1.82, 2.24) is 10.2 Å². The zero-order chi connectivity index (χ0) is 15.8. The Labute approximate surface area is 128 Å². The van der Waals surface area contributed by atoms with Crippen LogP contribution in [0.25, 0.3) is 0 Å². The largest absolute Gasteiger partial charge is 0.493 e. The number of hydrogen-bond acceptors (Lipinski definition) is 4. The zero-order valence-corrected chi connectivity index (χ0v) is 12.5. The molecule has 0 aliphatic rings. The molecule has 0 aliphatic carbocycles. The van der Waals surface area contributed by atoms with Gasteiger partial charge in [-0.05, 0) is 36.8 Å². The van der Waals surface area contributed by atoms with Crippen LogP contribution in [0.3, 0.4) is 0 Å². The molecule has 2 aromatic rings. The number of nitrogens with one attached hydrogen (secondary N) is 1. The molecule has 0 fully saturated rings. The van der Waals surface area contributed by atoms with E-state index in [1.165, 1.54) is 12.1 Å². The number of rotatable bonds is 8. The fourth-order valence-corrected chi connectivity index (χ4v) is 1.88. The third kappa shape index (κ3) is 4.87. The van der Waals surface area contributed by atoms with Crippen LogP contribution in [0.1, 0.15) is 35.9 Å². The molecule has 22 heavy (non-hydrogen) atoms. The number of H-pyrrole nitrogens is 1. The van der Waals surface area contributed by atoms with E-state index in [9.17, 15) is 9.18 Å². The molecule has 0 saturated heterocycles. The highest BCUT2D eigenvalue weighted by molar-refractivity contribution is 5.87. The number of aryl methyl sites for hydroxylation is 1. The molecule has 0 bridgehead atoms. The van der Waals surface area contributed by atoms with Gasteiger partial charge in [-0.15, -0.1) is 0 Å². The summed E-state index contributed by atoms with van der Waals surface area (Å²) in [6.45, 7) is 2.69. The highest BCUT2D eigenvalue weighted by atomic mass is 19.1. The van der Waals surface area contributed by atoms with Gasteiger partial charge in [0.15, 0.2) is 5.69 Å². The number of halogens is 1. The number of esters is 1. The first-order chi connectivity index (χ1) is 10.7. The van der Waals surface area contributed by atoms with E-state index in [4.69, 9.17) is 9.47 Å². The molecule has 0 saturated carbocycles. The van der Waals surface area contributed by atoms with Crippen molar-refractivity contribution in [3.05, 3.63) is 47.5 Å². The molecule has 1 heterocycles. The fraction of sp³-hybridized carbons (Fsp3) is 0.375. The number of aromatic amines is 1. The molecule has 1 aromatic heterocycles. The molecule has 0 unspecified atom stereocenters. The lowest BCUT2D eigenvalue weighted by atomic mass is 10.2. The summed E-state index contributed by atoms with van der Waals surface area (Å²) >= 11 is 0. The number of carbonyl (C=O) groups excluding carboxylic acids is 1. The Bertz CT molecular complexity index is 596. The predicted octanol–water partition coefficient (Wildman–Crippen LogP) is 3.13. The molecule has 2 rings (SSSR count). The SMILES string of the molecule is CCCc1cc(C(=O)OCCCOc2ccc(F)cc2)n[nH]1. The molecular formula is C16H19FN2O3. The maximum absolute atomic E-state index is 12.7. The van der Waals surface area contributed by atoms with Crippen molar-refractivity contribution in [2.45, 2.75) is 26.2 Å². The molecule has 1 aromatic carbocycles. The number of hydrogen-bond donors (Lipinski definition) is 1. The van der Waals surface area contributed by atoms with Crippen LogP contribution in [-0.2, 0) is 11.2 Å². The summed E-state index contributed by atoms with van der Waals surface area (Å²) < 4.78 is 23.2. The molecule has 0 aliphatic heterocycles. The van der Waals surface area contributed by atoms with Crippen molar-refractivity contribution in [3.63, 3.8) is 0 Å². The average Bonchev–Trinajstić information content (AvgIpc) is 2.98. The van der Waals surface area contributed by atoms with E-state index in [-0.39, 0.29) is 12.4 Å². The molecule has 0 amide bonds. The fourth-order valence-electron chi connectivity index (χ4n) is 1.88. The maximum Gasteiger partial charge on any atom is 0.358 e. The molecular weight excluding hydrogens is 287 g/mol. The van der Waals surface area contributed by atoms with Gasteiger partial charge < -0.3 is 9.47 Å². The first-order valence-electron chi connectivity index (χ1n) is 7.29. The summed E-state index contributed by atoms with van der Waals surface area (Å²) in [4.78, 5) is 11.7. The predicted molar refractivity (Wildman–Crippen MR) is 79.4 cm³/mol. The van der Waals surface area contributed by atoms with Gasteiger partial charge in [-0.1, -0.05) is 13.3 Å². The summed E-state index contributed by atoms with van der Waals surface area (Å²) in [5.74, 6) is -0.160. The van der Waals surface area contributed by atoms with E-state index in [1.54, 1.807) is 18.2 Å². The Morgan fingerprint density at radius 2 is 2.05 bits per heavy atom. The highest BCUT2D eigenvalue weighted by Gasteiger charge is 2.11. The normalized spacial score (nSPS) is 10.5. The topological polar surface area (TPSA) is 64.2 Å². The summed E-state index contributed by atoms with van der Waals surface area (Å²) in [7, 11) is 0. The minimum absolute atomic E-state index is 0.246. The van der Waals surface area contributed by atoms with Gasteiger partial charge in [0.1, 0.15) is 11.6 Å². The quantitative estimate of drug-likeness (QED) is 0.601. The van der Waals surface area contributed by atoms with Crippen LogP contribution >= 0.6 is 0 Å². The molecule has 6 heteroatoms.